The zero-order valence-corrected chi connectivity index (χ0v) is 14.6. The van der Waals surface area contributed by atoms with Crippen LogP contribution in [0.15, 0.2) is 66.3 Å². The topological polar surface area (TPSA) is 35.5 Å². The molecule has 0 amide bonds. The van der Waals surface area contributed by atoms with Crippen LogP contribution >= 0.6 is 0 Å². The summed E-state index contributed by atoms with van der Waals surface area (Å²) in [7, 11) is 3.25. The first-order valence-corrected chi connectivity index (χ1v) is 8.38. The van der Waals surface area contributed by atoms with Crippen LogP contribution in [-0.4, -0.2) is 20.0 Å². The number of hydrogen-bond acceptors (Lipinski definition) is 3. The van der Waals surface area contributed by atoms with E-state index < -0.39 is 0 Å². The molecule has 0 fully saturated rings. The molecule has 0 N–H and O–H groups in total. The molecule has 25 heavy (non-hydrogen) atoms. The number of methoxy groups -OCH3 is 2. The summed E-state index contributed by atoms with van der Waals surface area (Å²) < 4.78 is 10.7. The first-order chi connectivity index (χ1) is 12.2. The van der Waals surface area contributed by atoms with E-state index in [0.29, 0.717) is 17.9 Å². The summed E-state index contributed by atoms with van der Waals surface area (Å²) in [4.78, 5) is 12.2. The van der Waals surface area contributed by atoms with E-state index in [-0.39, 0.29) is 11.7 Å². The fourth-order valence-corrected chi connectivity index (χ4v) is 3.15. The van der Waals surface area contributed by atoms with Crippen LogP contribution in [0.5, 0.6) is 11.5 Å². The molecule has 0 bridgehead atoms. The molecule has 1 unspecified atom stereocenters. The number of benzene rings is 2. The van der Waals surface area contributed by atoms with Crippen LogP contribution in [-0.2, 0) is 4.79 Å². The van der Waals surface area contributed by atoms with Crippen molar-refractivity contribution in [2.24, 2.45) is 0 Å². The normalized spacial score (nSPS) is 17.4. The number of rotatable bonds is 5. The van der Waals surface area contributed by atoms with Gasteiger partial charge >= 0.3 is 0 Å². The van der Waals surface area contributed by atoms with Crippen molar-refractivity contribution < 1.29 is 14.3 Å². The maximum atomic E-state index is 12.2. The third-order valence-electron chi connectivity index (χ3n) is 4.44. The predicted octanol–water partition coefficient (Wildman–Crippen LogP) is 4.79. The van der Waals surface area contributed by atoms with Gasteiger partial charge in [-0.05, 0) is 47.2 Å². The number of carbonyl (C=O) groups is 1. The highest BCUT2D eigenvalue weighted by atomic mass is 16.5. The molecule has 0 radical (unpaired) electrons. The largest absolute Gasteiger partial charge is 0.493 e. The Bertz CT molecular complexity index is 803. The lowest BCUT2D eigenvalue weighted by molar-refractivity contribution is -0.115. The monoisotopic (exact) mass is 334 g/mol. The van der Waals surface area contributed by atoms with Gasteiger partial charge in [0, 0.05) is 6.42 Å². The first-order valence-electron chi connectivity index (χ1n) is 8.38. The van der Waals surface area contributed by atoms with Gasteiger partial charge in [-0.3, -0.25) is 4.79 Å². The maximum Gasteiger partial charge on any atom is 0.160 e. The van der Waals surface area contributed by atoms with Crippen LogP contribution in [0.4, 0.5) is 0 Å². The first kappa shape index (κ1) is 17.0. The molecule has 3 heteroatoms. The van der Waals surface area contributed by atoms with Gasteiger partial charge in [0.1, 0.15) is 0 Å². The van der Waals surface area contributed by atoms with E-state index in [0.717, 1.165) is 23.1 Å². The molecule has 3 rings (SSSR count). The van der Waals surface area contributed by atoms with Gasteiger partial charge < -0.3 is 9.47 Å². The van der Waals surface area contributed by atoms with Crippen molar-refractivity contribution in [1.82, 2.24) is 0 Å². The van der Waals surface area contributed by atoms with Gasteiger partial charge in [-0.2, -0.15) is 0 Å². The Morgan fingerprint density at radius 2 is 1.68 bits per heavy atom. The fraction of sp³-hybridized carbons (Fsp3) is 0.227. The molecule has 0 spiro atoms. The van der Waals surface area contributed by atoms with Gasteiger partial charge in [-0.1, -0.05) is 48.6 Å². The van der Waals surface area contributed by atoms with Crippen molar-refractivity contribution in [2.45, 2.75) is 18.8 Å². The van der Waals surface area contributed by atoms with E-state index in [9.17, 15) is 4.79 Å². The summed E-state index contributed by atoms with van der Waals surface area (Å²) in [6, 6.07) is 16.0. The van der Waals surface area contributed by atoms with Gasteiger partial charge in [0.05, 0.1) is 14.2 Å². The average Bonchev–Trinajstić information content (AvgIpc) is 2.66. The lowest BCUT2D eigenvalue weighted by Gasteiger charge is -2.22. The van der Waals surface area contributed by atoms with E-state index in [4.69, 9.17) is 9.47 Å². The zero-order chi connectivity index (χ0) is 17.6. The van der Waals surface area contributed by atoms with Crippen LogP contribution in [0.1, 0.15) is 29.9 Å². The van der Waals surface area contributed by atoms with Crippen molar-refractivity contribution >= 4 is 11.9 Å². The second-order valence-corrected chi connectivity index (χ2v) is 6.15. The van der Waals surface area contributed by atoms with Gasteiger partial charge in [-0.25, -0.2) is 0 Å². The number of ether oxygens (including phenoxy) is 2. The van der Waals surface area contributed by atoms with E-state index in [1.54, 1.807) is 20.3 Å². The quantitative estimate of drug-likeness (QED) is 0.788. The highest BCUT2D eigenvalue weighted by Gasteiger charge is 2.22. The minimum atomic E-state index is 0.160. The molecule has 1 aliphatic carbocycles. The SMILES string of the molecule is COc1ccc(C2CC(=O)C=C(C=Cc3ccccc3)C2)cc1OC. The number of hydrogen-bond donors (Lipinski definition) is 0. The van der Waals surface area contributed by atoms with Crippen LogP contribution < -0.4 is 9.47 Å². The van der Waals surface area contributed by atoms with E-state index in [2.05, 4.69) is 6.08 Å². The summed E-state index contributed by atoms with van der Waals surface area (Å²) >= 11 is 0. The van der Waals surface area contributed by atoms with E-state index in [1.807, 2.05) is 54.6 Å². The Kier molecular flexibility index (Phi) is 5.34. The van der Waals surface area contributed by atoms with Gasteiger partial charge in [0.2, 0.25) is 0 Å². The molecule has 1 aliphatic rings. The molecule has 0 heterocycles. The molecule has 1 atom stereocenters. The van der Waals surface area contributed by atoms with E-state index >= 15 is 0 Å². The second kappa shape index (κ2) is 7.84. The van der Waals surface area contributed by atoms with Gasteiger partial charge in [0.15, 0.2) is 17.3 Å². The Hall–Kier alpha value is -2.81. The summed E-state index contributed by atoms with van der Waals surface area (Å²) in [6.07, 6.45) is 7.22. The maximum absolute atomic E-state index is 12.2. The fourth-order valence-electron chi connectivity index (χ4n) is 3.15. The third kappa shape index (κ3) is 4.18. The van der Waals surface area contributed by atoms with Gasteiger partial charge in [0.25, 0.3) is 0 Å². The Labute approximate surface area is 148 Å². The summed E-state index contributed by atoms with van der Waals surface area (Å²) in [6.45, 7) is 0. The van der Waals surface area contributed by atoms with Crippen molar-refractivity contribution in [2.75, 3.05) is 14.2 Å². The molecular weight excluding hydrogens is 312 g/mol. The lowest BCUT2D eigenvalue weighted by Crippen LogP contribution is -2.12. The standard InChI is InChI=1S/C22H22O3/c1-24-21-11-10-18(15-22(21)25-2)19-12-17(13-20(23)14-19)9-8-16-6-4-3-5-7-16/h3-11,13,15,19H,12,14H2,1-2H3. The summed E-state index contributed by atoms with van der Waals surface area (Å²) in [5.41, 5.74) is 3.29. The molecule has 128 valence electrons. The minimum Gasteiger partial charge on any atom is -0.493 e. The molecular formula is C22H22O3. The van der Waals surface area contributed by atoms with E-state index in [1.165, 1.54) is 0 Å². The lowest BCUT2D eigenvalue weighted by atomic mass is 9.83. The zero-order valence-electron chi connectivity index (χ0n) is 14.6. The van der Waals surface area contributed by atoms with Crippen LogP contribution in [0.25, 0.3) is 6.08 Å². The molecule has 0 saturated carbocycles. The van der Waals surface area contributed by atoms with Crippen molar-refractivity contribution in [3.8, 4) is 11.5 Å². The second-order valence-electron chi connectivity index (χ2n) is 6.15. The van der Waals surface area contributed by atoms with Crippen molar-refractivity contribution in [1.29, 1.82) is 0 Å². The Morgan fingerprint density at radius 1 is 0.920 bits per heavy atom. The predicted molar refractivity (Wildman–Crippen MR) is 100 cm³/mol. The van der Waals surface area contributed by atoms with Gasteiger partial charge in [-0.15, -0.1) is 0 Å². The third-order valence-corrected chi connectivity index (χ3v) is 4.44. The summed E-state index contributed by atoms with van der Waals surface area (Å²) in [5, 5.41) is 0. The Morgan fingerprint density at radius 3 is 2.40 bits per heavy atom. The number of carbonyl (C=O) groups excluding carboxylic acids is 1. The molecule has 2 aromatic rings. The Balaban J connectivity index is 1.80. The van der Waals surface area contributed by atoms with Crippen LogP contribution in [0, 0.1) is 0 Å². The van der Waals surface area contributed by atoms with Crippen molar-refractivity contribution in [3.05, 3.63) is 77.4 Å². The highest BCUT2D eigenvalue weighted by Crippen LogP contribution is 2.36. The average molecular weight is 334 g/mol. The van der Waals surface area contributed by atoms with Crippen LogP contribution in [0.2, 0.25) is 0 Å². The van der Waals surface area contributed by atoms with Crippen molar-refractivity contribution in [3.63, 3.8) is 0 Å². The highest BCUT2D eigenvalue weighted by molar-refractivity contribution is 5.92. The molecule has 2 aromatic carbocycles. The summed E-state index contributed by atoms with van der Waals surface area (Å²) in [5.74, 6) is 1.72. The molecule has 0 aliphatic heterocycles. The molecule has 0 saturated heterocycles. The minimum absolute atomic E-state index is 0.160. The van der Waals surface area contributed by atoms with Crippen LogP contribution in [0.3, 0.4) is 0 Å². The smallest absolute Gasteiger partial charge is 0.160 e. The molecule has 3 nitrogen and oxygen atoms in total. The number of allylic oxidation sites excluding steroid dienone is 3. The number of ketones is 1. The molecule has 0 aromatic heterocycles.